The Balaban J connectivity index is 0.881. The van der Waals surface area contributed by atoms with Crippen LogP contribution >= 0.6 is 0 Å². The van der Waals surface area contributed by atoms with Crippen LogP contribution in [0.15, 0.2) is 48.6 Å². The van der Waals surface area contributed by atoms with Gasteiger partial charge in [-0.3, -0.25) is 14.5 Å². The molecule has 380 valence electrons. The molecule has 1 aromatic carbocycles. The van der Waals surface area contributed by atoms with Gasteiger partial charge < -0.3 is 52.2 Å². The van der Waals surface area contributed by atoms with Gasteiger partial charge in [-0.1, -0.05) is 53.0 Å². The number of imide groups is 1. The summed E-state index contributed by atoms with van der Waals surface area (Å²) in [6.07, 6.45) is 4.12. The zero-order valence-corrected chi connectivity index (χ0v) is 42.9. The molecule has 1 N–H and O–H groups in total. The number of nitrogens with zero attached hydrogens (tertiary/aromatic N) is 1. The summed E-state index contributed by atoms with van der Waals surface area (Å²) in [7, 11) is -0.732. The molecule has 12 rings (SSSR count). The van der Waals surface area contributed by atoms with Crippen LogP contribution < -0.4 is 0 Å². The van der Waals surface area contributed by atoms with E-state index in [0.29, 0.717) is 49.7 Å². The van der Waals surface area contributed by atoms with E-state index >= 15 is 0 Å². The summed E-state index contributed by atoms with van der Waals surface area (Å²) < 4.78 is 69.0. The van der Waals surface area contributed by atoms with Gasteiger partial charge in [-0.15, -0.1) is 0 Å². The molecule has 15 heteroatoms. The predicted molar refractivity (Wildman–Crippen MR) is 256 cm³/mol. The van der Waals surface area contributed by atoms with Crippen LogP contribution in [0.4, 0.5) is 0 Å². The number of carbonyl (C=O) groups excluding carboxylic acids is 2. The second-order valence-electron chi connectivity index (χ2n) is 24.0. The zero-order valence-electron chi connectivity index (χ0n) is 41.9. The molecule has 0 radical (unpaired) electrons. The summed E-state index contributed by atoms with van der Waals surface area (Å²) >= 11 is 0. The number of methoxy groups -OCH3 is 1. The van der Waals surface area contributed by atoms with Crippen LogP contribution in [0.5, 0.6) is 0 Å². The van der Waals surface area contributed by atoms with Crippen molar-refractivity contribution in [2.24, 2.45) is 11.8 Å². The number of amides is 2. The second kappa shape index (κ2) is 18.5. The van der Waals surface area contributed by atoms with Gasteiger partial charge in [0, 0.05) is 38.7 Å². The number of rotatable bonds is 7. The van der Waals surface area contributed by atoms with E-state index < -0.39 is 38.5 Å². The van der Waals surface area contributed by atoms with E-state index in [1.807, 2.05) is 0 Å². The Morgan fingerprint density at radius 2 is 1.46 bits per heavy atom. The monoisotopic (exact) mass is 976 g/mol. The molecular formula is C54H77NO13Si. The van der Waals surface area contributed by atoms with Crippen LogP contribution in [0.2, 0.25) is 18.1 Å². The van der Waals surface area contributed by atoms with Crippen molar-refractivity contribution in [1.29, 1.82) is 0 Å². The Bertz CT molecular complexity index is 2110. The summed E-state index contributed by atoms with van der Waals surface area (Å²) in [5, 5.41) is 12.1. The van der Waals surface area contributed by atoms with E-state index in [-0.39, 0.29) is 115 Å². The normalized spacial score (nSPS) is 44.8. The minimum Gasteiger partial charge on any atom is -0.412 e. The van der Waals surface area contributed by atoms with Gasteiger partial charge in [-0.2, -0.15) is 0 Å². The van der Waals surface area contributed by atoms with Gasteiger partial charge in [0.05, 0.1) is 90.9 Å². The van der Waals surface area contributed by atoms with Crippen molar-refractivity contribution in [3.8, 4) is 0 Å². The lowest BCUT2D eigenvalue weighted by Crippen LogP contribution is -2.61. The first-order chi connectivity index (χ1) is 32.9. The van der Waals surface area contributed by atoms with Crippen molar-refractivity contribution in [3.05, 3.63) is 59.7 Å². The minimum absolute atomic E-state index is 0.000633. The summed E-state index contributed by atoms with van der Waals surface area (Å²) in [6, 6.07) is 7.00. The zero-order chi connectivity index (χ0) is 48.3. The van der Waals surface area contributed by atoms with Crippen LogP contribution in [0.25, 0.3) is 0 Å². The van der Waals surface area contributed by atoms with E-state index in [9.17, 15) is 14.7 Å². The van der Waals surface area contributed by atoms with Crippen molar-refractivity contribution >= 4 is 20.1 Å². The summed E-state index contributed by atoms with van der Waals surface area (Å²) in [4.78, 5) is 29.0. The third kappa shape index (κ3) is 9.02. The molecule has 11 heterocycles. The smallest absolute Gasteiger partial charge is 0.261 e. The standard InChI is InChI=1S/C54H77NO13Si/c1-28-20-32-14-16-39-29(2)21-34(60-39)18-19-54-26-44-47(66-54)48-49(65-44)50(67-54)46-40(64-48)17-15-33(62-46)22-31(56)23-38-42(25-41(61-32)30(28)3)63-43(45(38)59-7)24-35(68-69(8,9)53(4,5)6)27-55-51(57)36-12-10-11-13-37(36)52(55)58/h10-13,28,31-35,38-50,56H,2-3,14-27H2,1,4-9H3/t28-,31?,32+,33?,34+,35+,38+,39?,40+,41?,42+,43?,44-,45-,46+,47?,48+,49-,50+,54+/m1/s1. The largest absolute Gasteiger partial charge is 0.412 e. The molecule has 10 fully saturated rings. The average molecular weight is 976 g/mol. The van der Waals surface area contributed by atoms with Crippen molar-refractivity contribution in [3.63, 3.8) is 0 Å². The van der Waals surface area contributed by atoms with Gasteiger partial charge in [-0.05, 0) is 105 Å². The van der Waals surface area contributed by atoms with Crippen LogP contribution in [0.3, 0.4) is 0 Å². The lowest BCUT2D eigenvalue weighted by molar-refractivity contribution is -0.294. The SMILES string of the molecule is C=C1C[C@@H]2CC[C@@]34C[C@H]5O[C@H]6[C@@H](O3)[C@H]3OC(CC[C@@H]3O[C@H]6C5O4)CC(O)C[C@H]3[C@H](CC4O[C@@H](CCC1O2)C[C@@H](C)C4=C)OC(C[C@@H](CN1C(=O)c2ccccc2C1=O)O[Si](C)(C)C(C)(C)C)[C@@H]3OC. The Kier molecular flexibility index (Phi) is 13.1. The molecule has 12 bridgehead atoms. The summed E-state index contributed by atoms with van der Waals surface area (Å²) in [6.45, 7) is 22.4. The Hall–Kier alpha value is -2.38. The molecule has 2 amide bonds. The summed E-state index contributed by atoms with van der Waals surface area (Å²) in [5.41, 5.74) is 3.00. The molecule has 69 heavy (non-hydrogen) atoms. The molecule has 0 aliphatic carbocycles. The molecule has 6 unspecified atom stereocenters. The quantitative estimate of drug-likeness (QED) is 0.163. The Morgan fingerprint density at radius 3 is 2.20 bits per heavy atom. The number of aliphatic hydroxyl groups excluding tert-OH is 1. The van der Waals surface area contributed by atoms with Crippen LogP contribution in [0, 0.1) is 11.8 Å². The molecule has 14 nitrogen and oxygen atoms in total. The lowest BCUT2D eigenvalue weighted by Gasteiger charge is -2.47. The minimum atomic E-state index is -2.45. The van der Waals surface area contributed by atoms with E-state index in [4.69, 9.17) is 47.1 Å². The van der Waals surface area contributed by atoms with Gasteiger partial charge in [-0.25, -0.2) is 0 Å². The van der Waals surface area contributed by atoms with Crippen molar-refractivity contribution in [1.82, 2.24) is 4.90 Å². The van der Waals surface area contributed by atoms with Crippen molar-refractivity contribution < 1.29 is 61.8 Å². The first kappa shape index (κ1) is 48.9. The fraction of sp³-hybridized carbons (Fsp3) is 0.778. The molecule has 11 aliphatic heterocycles. The number of hydrogen-bond donors (Lipinski definition) is 1. The fourth-order valence-electron chi connectivity index (χ4n) is 13.7. The first-order valence-electron chi connectivity index (χ1n) is 26.4. The van der Waals surface area contributed by atoms with E-state index in [2.05, 4.69) is 53.9 Å². The highest BCUT2D eigenvalue weighted by atomic mass is 28.4. The predicted octanol–water partition coefficient (Wildman–Crippen LogP) is 7.60. The number of benzene rings is 1. The number of carbonyl (C=O) groups is 2. The maximum absolute atomic E-state index is 13.8. The maximum Gasteiger partial charge on any atom is 0.261 e. The van der Waals surface area contributed by atoms with Crippen LogP contribution in [-0.2, 0) is 47.1 Å². The van der Waals surface area contributed by atoms with Crippen molar-refractivity contribution in [2.45, 2.75) is 239 Å². The molecule has 1 aromatic rings. The molecule has 11 aliphatic rings. The fourth-order valence-corrected chi connectivity index (χ4v) is 15.1. The molecule has 0 aromatic heterocycles. The van der Waals surface area contributed by atoms with Gasteiger partial charge in [0.25, 0.3) is 11.8 Å². The average Bonchev–Trinajstić information content (AvgIpc) is 4.03. The van der Waals surface area contributed by atoms with Crippen molar-refractivity contribution in [2.75, 3.05) is 13.7 Å². The molecule has 10 saturated heterocycles. The number of aliphatic hydroxyl groups is 1. The van der Waals surface area contributed by atoms with Gasteiger partial charge in [0.1, 0.15) is 30.5 Å². The van der Waals surface area contributed by atoms with Crippen LogP contribution in [0.1, 0.15) is 132 Å². The Morgan fingerprint density at radius 1 is 0.783 bits per heavy atom. The maximum atomic E-state index is 13.8. The third-order valence-corrected chi connectivity index (χ3v) is 22.9. The van der Waals surface area contributed by atoms with E-state index in [0.717, 1.165) is 56.1 Å². The second-order valence-corrected chi connectivity index (χ2v) is 28.7. The molecule has 1 spiro atoms. The highest BCUT2D eigenvalue weighted by Gasteiger charge is 2.69. The van der Waals surface area contributed by atoms with Gasteiger partial charge >= 0.3 is 0 Å². The molecular weight excluding hydrogens is 899 g/mol. The molecule has 0 saturated carbocycles. The number of fused-ring (bicyclic) bond motifs is 7. The lowest BCUT2D eigenvalue weighted by atomic mass is 9.81. The van der Waals surface area contributed by atoms with E-state index in [1.165, 1.54) is 4.90 Å². The van der Waals surface area contributed by atoms with E-state index in [1.54, 1.807) is 31.4 Å². The molecule has 20 atom stereocenters. The van der Waals surface area contributed by atoms with Gasteiger partial charge in [0.2, 0.25) is 0 Å². The van der Waals surface area contributed by atoms with Crippen LogP contribution in [-0.4, -0.2) is 153 Å². The Labute approximate surface area is 409 Å². The highest BCUT2D eigenvalue weighted by molar-refractivity contribution is 6.74. The first-order valence-corrected chi connectivity index (χ1v) is 29.3. The summed E-state index contributed by atoms with van der Waals surface area (Å²) in [5.74, 6) is -1.42. The third-order valence-electron chi connectivity index (χ3n) is 18.4. The highest BCUT2D eigenvalue weighted by Crippen LogP contribution is 2.55. The topological polar surface area (TPSA) is 150 Å². The number of hydrogen-bond acceptors (Lipinski definition) is 13. The number of ether oxygens (including phenoxy) is 9. The van der Waals surface area contributed by atoms with Gasteiger partial charge in [0.15, 0.2) is 14.1 Å².